The standard InChI is InChI=1S/C11H22/c1-8(2)10-6-5-7-11(10)9(3)4/h8-11H,5-7H2,1-4H3/i6D2. The molecule has 0 amide bonds. The van der Waals surface area contributed by atoms with Gasteiger partial charge in [0.15, 0.2) is 0 Å². The first-order valence-electron chi connectivity index (χ1n) is 5.86. The Balaban J connectivity index is 2.80. The van der Waals surface area contributed by atoms with Crippen LogP contribution in [0.15, 0.2) is 0 Å². The van der Waals surface area contributed by atoms with Crippen LogP contribution in [0.4, 0.5) is 0 Å². The molecule has 0 N–H and O–H groups in total. The molecule has 0 saturated heterocycles. The van der Waals surface area contributed by atoms with Crippen molar-refractivity contribution in [2.24, 2.45) is 23.7 Å². The van der Waals surface area contributed by atoms with E-state index in [1.54, 1.807) is 0 Å². The first-order chi connectivity index (χ1) is 5.86. The minimum Gasteiger partial charge on any atom is -0.0625 e. The zero-order chi connectivity index (χ0) is 10.2. The zero-order valence-electron chi connectivity index (χ0n) is 10.2. The van der Waals surface area contributed by atoms with Crippen LogP contribution in [0.1, 0.15) is 49.7 Å². The van der Waals surface area contributed by atoms with Crippen LogP contribution >= 0.6 is 0 Å². The lowest BCUT2D eigenvalue weighted by molar-refractivity contribution is 0.235. The van der Waals surface area contributed by atoms with Gasteiger partial charge in [0.25, 0.3) is 0 Å². The summed E-state index contributed by atoms with van der Waals surface area (Å²) in [6.07, 6.45) is 0.926. The predicted octanol–water partition coefficient (Wildman–Crippen LogP) is 3.71. The lowest BCUT2D eigenvalue weighted by Crippen LogP contribution is -2.18. The minimum atomic E-state index is -0.914. The highest BCUT2D eigenvalue weighted by Crippen LogP contribution is 2.40. The molecule has 1 fully saturated rings. The molecule has 0 aromatic carbocycles. The second kappa shape index (κ2) is 3.60. The molecule has 1 aliphatic carbocycles. The highest BCUT2D eigenvalue weighted by molar-refractivity contribution is 4.81. The maximum Gasteiger partial charge on any atom is 0.0270 e. The summed E-state index contributed by atoms with van der Waals surface area (Å²) < 4.78 is 15.9. The van der Waals surface area contributed by atoms with Crippen LogP contribution in [0.25, 0.3) is 0 Å². The van der Waals surface area contributed by atoms with Gasteiger partial charge in [-0.2, -0.15) is 0 Å². The molecule has 0 aromatic rings. The molecule has 1 rings (SSSR count). The highest BCUT2D eigenvalue weighted by atomic mass is 14.4. The lowest BCUT2D eigenvalue weighted by atomic mass is 9.80. The SMILES string of the molecule is [2H]C1([2H])CCC(C(C)C)C1C(C)C. The van der Waals surface area contributed by atoms with Crippen LogP contribution in [0.5, 0.6) is 0 Å². The van der Waals surface area contributed by atoms with Crippen LogP contribution in [-0.2, 0) is 0 Å². The predicted molar refractivity (Wildman–Crippen MR) is 50.5 cm³/mol. The fourth-order valence-corrected chi connectivity index (χ4v) is 2.23. The van der Waals surface area contributed by atoms with E-state index in [2.05, 4.69) is 27.7 Å². The van der Waals surface area contributed by atoms with Gasteiger partial charge in [0.05, 0.1) is 0 Å². The minimum absolute atomic E-state index is 0.271. The molecule has 1 aliphatic rings. The van der Waals surface area contributed by atoms with Crippen molar-refractivity contribution in [1.82, 2.24) is 0 Å². The Morgan fingerprint density at radius 3 is 2.00 bits per heavy atom. The first-order valence-corrected chi connectivity index (χ1v) is 4.86. The van der Waals surface area contributed by atoms with E-state index in [0.29, 0.717) is 17.8 Å². The van der Waals surface area contributed by atoms with E-state index in [9.17, 15) is 0 Å². The van der Waals surface area contributed by atoms with Gasteiger partial charge < -0.3 is 0 Å². The first kappa shape index (κ1) is 6.51. The molecule has 0 nitrogen and oxygen atoms in total. The molecular weight excluding hydrogens is 132 g/mol. The molecule has 0 radical (unpaired) electrons. The van der Waals surface area contributed by atoms with Gasteiger partial charge in [-0.25, -0.2) is 0 Å². The average molecular weight is 156 g/mol. The van der Waals surface area contributed by atoms with E-state index < -0.39 is 6.37 Å². The summed E-state index contributed by atoms with van der Waals surface area (Å²) in [4.78, 5) is 0. The van der Waals surface area contributed by atoms with Gasteiger partial charge in [-0.05, 0) is 36.5 Å². The highest BCUT2D eigenvalue weighted by Gasteiger charge is 2.31. The van der Waals surface area contributed by atoms with Crippen LogP contribution in [-0.4, -0.2) is 0 Å². The molecule has 2 unspecified atom stereocenters. The van der Waals surface area contributed by atoms with Crippen molar-refractivity contribution >= 4 is 0 Å². The van der Waals surface area contributed by atoms with Crippen molar-refractivity contribution in [2.75, 3.05) is 0 Å². The Labute approximate surface area is 74.2 Å². The average Bonchev–Trinajstić information content (AvgIpc) is 2.24. The Morgan fingerprint density at radius 1 is 1.09 bits per heavy atom. The van der Waals surface area contributed by atoms with E-state index in [0.717, 1.165) is 12.8 Å². The monoisotopic (exact) mass is 156 g/mol. The van der Waals surface area contributed by atoms with Gasteiger partial charge in [0, 0.05) is 2.74 Å². The summed E-state index contributed by atoms with van der Waals surface area (Å²) in [5.74, 6) is 1.97. The molecular formula is C11H22. The number of hydrogen-bond donors (Lipinski definition) is 0. The van der Waals surface area contributed by atoms with Crippen LogP contribution in [0, 0.1) is 23.7 Å². The maximum absolute atomic E-state index is 7.96. The van der Waals surface area contributed by atoms with E-state index in [1.807, 2.05) is 0 Å². The van der Waals surface area contributed by atoms with Crippen molar-refractivity contribution < 1.29 is 2.74 Å². The van der Waals surface area contributed by atoms with E-state index in [1.165, 1.54) is 0 Å². The largest absolute Gasteiger partial charge is 0.0625 e. The molecule has 2 atom stereocenters. The Kier molecular flexibility index (Phi) is 2.13. The zero-order valence-corrected chi connectivity index (χ0v) is 8.22. The third-order valence-corrected chi connectivity index (χ3v) is 2.89. The van der Waals surface area contributed by atoms with Crippen LogP contribution in [0.2, 0.25) is 0 Å². The van der Waals surface area contributed by atoms with Gasteiger partial charge in [0.1, 0.15) is 0 Å². The van der Waals surface area contributed by atoms with E-state index in [-0.39, 0.29) is 5.92 Å². The third-order valence-electron chi connectivity index (χ3n) is 2.89. The Bertz CT molecular complexity index is 173. The topological polar surface area (TPSA) is 0 Å². The third kappa shape index (κ3) is 1.98. The van der Waals surface area contributed by atoms with Gasteiger partial charge in [-0.3, -0.25) is 0 Å². The fraction of sp³-hybridized carbons (Fsp3) is 1.00. The van der Waals surface area contributed by atoms with Crippen LogP contribution in [0.3, 0.4) is 0 Å². The summed E-state index contributed by atoms with van der Waals surface area (Å²) in [6.45, 7) is 8.76. The van der Waals surface area contributed by atoms with Crippen molar-refractivity contribution in [1.29, 1.82) is 0 Å². The molecule has 66 valence electrons. The van der Waals surface area contributed by atoms with Crippen LogP contribution < -0.4 is 0 Å². The molecule has 0 aromatic heterocycles. The summed E-state index contributed by atoms with van der Waals surface area (Å²) in [5.41, 5.74) is 0. The van der Waals surface area contributed by atoms with E-state index in [4.69, 9.17) is 2.74 Å². The molecule has 11 heavy (non-hydrogen) atoms. The Hall–Kier alpha value is 0. The van der Waals surface area contributed by atoms with E-state index >= 15 is 0 Å². The van der Waals surface area contributed by atoms with Gasteiger partial charge in [-0.1, -0.05) is 34.1 Å². The fourth-order valence-electron chi connectivity index (χ4n) is 2.23. The van der Waals surface area contributed by atoms with Gasteiger partial charge in [0.2, 0.25) is 0 Å². The number of hydrogen-bond acceptors (Lipinski definition) is 0. The van der Waals surface area contributed by atoms with Crippen molar-refractivity contribution in [2.45, 2.75) is 46.9 Å². The molecule has 0 heteroatoms. The second-order valence-corrected chi connectivity index (χ2v) is 4.42. The molecule has 0 aliphatic heterocycles. The summed E-state index contributed by atoms with van der Waals surface area (Å²) in [5, 5.41) is 0. The number of rotatable bonds is 2. The van der Waals surface area contributed by atoms with Crippen molar-refractivity contribution in [3.8, 4) is 0 Å². The quantitative estimate of drug-likeness (QED) is 0.571. The molecule has 1 saturated carbocycles. The van der Waals surface area contributed by atoms with Crippen molar-refractivity contribution in [3.05, 3.63) is 0 Å². The molecule has 0 heterocycles. The summed E-state index contributed by atoms with van der Waals surface area (Å²) in [7, 11) is 0. The lowest BCUT2D eigenvalue weighted by Gasteiger charge is -2.26. The summed E-state index contributed by atoms with van der Waals surface area (Å²) >= 11 is 0. The normalized spacial score (nSPS) is 39.5. The van der Waals surface area contributed by atoms with Gasteiger partial charge in [-0.15, -0.1) is 0 Å². The van der Waals surface area contributed by atoms with Gasteiger partial charge >= 0.3 is 0 Å². The molecule has 0 spiro atoms. The summed E-state index contributed by atoms with van der Waals surface area (Å²) in [6, 6.07) is 0. The maximum atomic E-state index is 7.96. The molecule has 0 bridgehead atoms. The second-order valence-electron chi connectivity index (χ2n) is 4.42. The van der Waals surface area contributed by atoms with Crippen molar-refractivity contribution in [3.63, 3.8) is 0 Å². The Morgan fingerprint density at radius 2 is 1.64 bits per heavy atom. The smallest absolute Gasteiger partial charge is 0.0270 e.